The maximum absolute atomic E-state index is 8.79. The molecule has 1 unspecified atom stereocenters. The molecule has 0 aromatic carbocycles. The normalized spacial score (nSPS) is 19.8. The van der Waals surface area contributed by atoms with Crippen LogP contribution in [0.2, 0.25) is 0 Å². The van der Waals surface area contributed by atoms with Crippen LogP contribution in [0.5, 0.6) is 5.88 Å². The Kier molecular flexibility index (Phi) is 3.16. The van der Waals surface area contributed by atoms with Crippen LogP contribution in [0.25, 0.3) is 5.57 Å². The highest BCUT2D eigenvalue weighted by Gasteiger charge is 2.15. The van der Waals surface area contributed by atoms with Gasteiger partial charge in [0.05, 0.1) is 37.2 Å². The lowest BCUT2D eigenvalue weighted by atomic mass is 9.89. The molecule has 0 N–H and O–H groups in total. The molecule has 0 radical (unpaired) electrons. The Bertz CT molecular complexity index is 431. The minimum Gasteiger partial charge on any atom is -0.480 e. The highest BCUT2D eigenvalue weighted by atomic mass is 16.5. The summed E-state index contributed by atoms with van der Waals surface area (Å²) in [6.07, 6.45) is 8.06. The molecule has 1 atom stereocenters. The van der Waals surface area contributed by atoms with E-state index in [0.29, 0.717) is 5.88 Å². The van der Waals surface area contributed by atoms with Gasteiger partial charge in [0.25, 0.3) is 0 Å². The Morgan fingerprint density at radius 3 is 2.81 bits per heavy atom. The summed E-state index contributed by atoms with van der Waals surface area (Å²) in [6.45, 7) is 0. The first-order valence-corrected chi connectivity index (χ1v) is 5.28. The standard InChI is InChI=1S/C12H13N3O/c1-16-12-8-14-11(7-15-12)10-4-2-9(6-13)3-5-10/h4,7-9H,2-3,5H2,1H3. The first-order valence-electron chi connectivity index (χ1n) is 5.28. The van der Waals surface area contributed by atoms with E-state index in [1.165, 1.54) is 5.57 Å². The van der Waals surface area contributed by atoms with Crippen LogP contribution in [0.4, 0.5) is 0 Å². The van der Waals surface area contributed by atoms with Crippen LogP contribution >= 0.6 is 0 Å². The molecule has 0 fully saturated rings. The number of ether oxygens (including phenoxy) is 1. The Morgan fingerprint density at radius 1 is 1.44 bits per heavy atom. The number of rotatable bonds is 2. The number of nitriles is 1. The van der Waals surface area contributed by atoms with Crippen LogP contribution in [0.1, 0.15) is 25.0 Å². The zero-order valence-electron chi connectivity index (χ0n) is 9.18. The summed E-state index contributed by atoms with van der Waals surface area (Å²) >= 11 is 0. The van der Waals surface area contributed by atoms with Gasteiger partial charge in [0.15, 0.2) is 0 Å². The zero-order chi connectivity index (χ0) is 11.4. The first kappa shape index (κ1) is 10.6. The van der Waals surface area contributed by atoms with Crippen LogP contribution in [-0.2, 0) is 0 Å². The van der Waals surface area contributed by atoms with Crippen molar-refractivity contribution < 1.29 is 4.74 Å². The van der Waals surface area contributed by atoms with Crippen molar-refractivity contribution in [3.8, 4) is 11.9 Å². The van der Waals surface area contributed by atoms with E-state index in [9.17, 15) is 0 Å². The molecule has 1 aliphatic rings. The number of hydrogen-bond donors (Lipinski definition) is 0. The van der Waals surface area contributed by atoms with Crippen LogP contribution in [0, 0.1) is 17.2 Å². The van der Waals surface area contributed by atoms with Crippen LogP contribution in [0.15, 0.2) is 18.5 Å². The average Bonchev–Trinajstić information content (AvgIpc) is 2.39. The lowest BCUT2D eigenvalue weighted by Crippen LogP contribution is -2.04. The maximum atomic E-state index is 8.79. The van der Waals surface area contributed by atoms with Gasteiger partial charge in [-0.15, -0.1) is 0 Å². The van der Waals surface area contributed by atoms with Gasteiger partial charge in [-0.3, -0.25) is 0 Å². The summed E-state index contributed by atoms with van der Waals surface area (Å²) in [5.74, 6) is 0.685. The van der Waals surface area contributed by atoms with Crippen LogP contribution in [0.3, 0.4) is 0 Å². The van der Waals surface area contributed by atoms with E-state index in [0.717, 1.165) is 25.0 Å². The number of nitrogens with zero attached hydrogens (tertiary/aromatic N) is 3. The molecule has 16 heavy (non-hydrogen) atoms. The molecule has 1 aliphatic carbocycles. The molecule has 0 saturated carbocycles. The highest BCUT2D eigenvalue weighted by Crippen LogP contribution is 2.28. The molecular formula is C12H13N3O. The SMILES string of the molecule is COc1cnc(C2=CCC(C#N)CC2)cn1. The summed E-state index contributed by atoms with van der Waals surface area (Å²) in [7, 11) is 1.57. The van der Waals surface area contributed by atoms with Gasteiger partial charge in [-0.25, -0.2) is 9.97 Å². The van der Waals surface area contributed by atoms with E-state index in [1.54, 1.807) is 19.5 Å². The molecule has 82 valence electrons. The predicted molar refractivity (Wildman–Crippen MR) is 59.5 cm³/mol. The molecule has 4 heteroatoms. The third-order valence-corrected chi connectivity index (χ3v) is 2.76. The van der Waals surface area contributed by atoms with E-state index in [1.807, 2.05) is 0 Å². The largest absolute Gasteiger partial charge is 0.480 e. The first-order chi connectivity index (χ1) is 7.83. The number of hydrogen-bond acceptors (Lipinski definition) is 4. The molecule has 4 nitrogen and oxygen atoms in total. The van der Waals surface area contributed by atoms with Crippen molar-refractivity contribution in [1.82, 2.24) is 9.97 Å². The molecule has 0 aliphatic heterocycles. The van der Waals surface area contributed by atoms with Gasteiger partial charge in [-0.2, -0.15) is 5.26 Å². The van der Waals surface area contributed by atoms with Gasteiger partial charge in [-0.05, 0) is 24.8 Å². The fourth-order valence-corrected chi connectivity index (χ4v) is 1.77. The van der Waals surface area contributed by atoms with Gasteiger partial charge >= 0.3 is 0 Å². The number of aromatic nitrogens is 2. The highest BCUT2D eigenvalue weighted by molar-refractivity contribution is 5.62. The maximum Gasteiger partial charge on any atom is 0.232 e. The monoisotopic (exact) mass is 215 g/mol. The molecular weight excluding hydrogens is 202 g/mol. The Labute approximate surface area is 94.6 Å². The van der Waals surface area contributed by atoms with Crippen LogP contribution < -0.4 is 4.74 Å². The van der Waals surface area contributed by atoms with Crippen molar-refractivity contribution in [1.29, 1.82) is 5.26 Å². The quantitative estimate of drug-likeness (QED) is 0.758. The van der Waals surface area contributed by atoms with Crippen molar-refractivity contribution in [3.05, 3.63) is 24.2 Å². The third-order valence-electron chi connectivity index (χ3n) is 2.76. The van der Waals surface area contributed by atoms with Crippen molar-refractivity contribution in [2.45, 2.75) is 19.3 Å². The van der Waals surface area contributed by atoms with E-state index in [2.05, 4.69) is 22.1 Å². The smallest absolute Gasteiger partial charge is 0.232 e. The van der Waals surface area contributed by atoms with Gasteiger partial charge in [0, 0.05) is 0 Å². The molecule has 0 saturated heterocycles. The molecule has 0 bridgehead atoms. The molecule has 0 amide bonds. The lowest BCUT2D eigenvalue weighted by Gasteiger charge is -2.15. The van der Waals surface area contributed by atoms with Crippen LogP contribution in [-0.4, -0.2) is 17.1 Å². The molecule has 1 heterocycles. The van der Waals surface area contributed by atoms with Crippen molar-refractivity contribution >= 4 is 5.57 Å². The molecule has 2 rings (SSSR count). The van der Waals surface area contributed by atoms with E-state index in [4.69, 9.17) is 10.00 Å². The minimum atomic E-state index is 0.162. The minimum absolute atomic E-state index is 0.162. The molecule has 1 aromatic rings. The fourth-order valence-electron chi connectivity index (χ4n) is 1.77. The van der Waals surface area contributed by atoms with Gasteiger partial charge in [0.1, 0.15) is 0 Å². The van der Waals surface area contributed by atoms with E-state index >= 15 is 0 Å². The van der Waals surface area contributed by atoms with Crippen molar-refractivity contribution in [2.75, 3.05) is 7.11 Å². The van der Waals surface area contributed by atoms with E-state index < -0.39 is 0 Å². The average molecular weight is 215 g/mol. The predicted octanol–water partition coefficient (Wildman–Crippen LogP) is 2.19. The number of allylic oxidation sites excluding steroid dienone is 2. The second-order valence-corrected chi connectivity index (χ2v) is 3.77. The summed E-state index contributed by atoms with van der Waals surface area (Å²) < 4.78 is 4.95. The fraction of sp³-hybridized carbons (Fsp3) is 0.417. The second kappa shape index (κ2) is 4.75. The van der Waals surface area contributed by atoms with Gasteiger partial charge in [-0.1, -0.05) is 6.08 Å². The Morgan fingerprint density at radius 2 is 2.31 bits per heavy atom. The summed E-state index contributed by atoms with van der Waals surface area (Å²) in [6, 6.07) is 2.29. The third kappa shape index (κ3) is 2.19. The lowest BCUT2D eigenvalue weighted by molar-refractivity contribution is 0.395. The second-order valence-electron chi connectivity index (χ2n) is 3.77. The summed E-state index contributed by atoms with van der Waals surface area (Å²) in [5.41, 5.74) is 2.07. The summed E-state index contributed by atoms with van der Waals surface area (Å²) in [5, 5.41) is 8.79. The number of methoxy groups -OCH3 is 1. The van der Waals surface area contributed by atoms with Gasteiger partial charge in [0.2, 0.25) is 5.88 Å². The molecule has 0 spiro atoms. The zero-order valence-corrected chi connectivity index (χ0v) is 9.18. The van der Waals surface area contributed by atoms with Crippen molar-refractivity contribution in [2.24, 2.45) is 5.92 Å². The Hall–Kier alpha value is -1.89. The van der Waals surface area contributed by atoms with Crippen molar-refractivity contribution in [3.63, 3.8) is 0 Å². The Balaban J connectivity index is 2.13. The summed E-state index contributed by atoms with van der Waals surface area (Å²) in [4.78, 5) is 8.41. The topological polar surface area (TPSA) is 58.8 Å². The van der Waals surface area contributed by atoms with Gasteiger partial charge < -0.3 is 4.74 Å². The van der Waals surface area contributed by atoms with E-state index in [-0.39, 0.29) is 5.92 Å². The molecule has 1 aromatic heterocycles.